The van der Waals surface area contributed by atoms with Crippen LogP contribution in [0.5, 0.6) is 5.88 Å². The maximum atomic E-state index is 11.8. The summed E-state index contributed by atoms with van der Waals surface area (Å²) in [5.41, 5.74) is 5.84. The molecule has 1 fully saturated rings. The van der Waals surface area contributed by atoms with E-state index in [9.17, 15) is 4.79 Å². The molecule has 2 rings (SSSR count). The van der Waals surface area contributed by atoms with Crippen LogP contribution in [0, 0.1) is 5.92 Å². The third kappa shape index (κ3) is 4.49. The zero-order valence-electron chi connectivity index (χ0n) is 12.4. The molecule has 0 bridgehead atoms. The fraction of sp³-hybridized carbons (Fsp3) is 0.571. The quantitative estimate of drug-likeness (QED) is 0.899. The number of halogens is 1. The van der Waals surface area contributed by atoms with Crippen LogP contribution in [-0.2, 0) is 4.74 Å². The Kier molecular flexibility index (Phi) is 4.61. The SMILES string of the molecule is CC(C)(C)OC(=O)N1CC(COc2ncc(Br)cc2N)C1. The van der Waals surface area contributed by atoms with E-state index < -0.39 is 5.60 Å². The molecule has 1 aromatic rings. The van der Waals surface area contributed by atoms with Gasteiger partial charge >= 0.3 is 6.09 Å². The first-order chi connectivity index (χ1) is 9.74. The van der Waals surface area contributed by atoms with Gasteiger partial charge in [0.05, 0.1) is 12.3 Å². The Bertz CT molecular complexity index is 525. The number of nitrogens with zero attached hydrogens (tertiary/aromatic N) is 2. The smallest absolute Gasteiger partial charge is 0.410 e. The predicted molar refractivity (Wildman–Crippen MR) is 83.1 cm³/mol. The zero-order valence-corrected chi connectivity index (χ0v) is 14.0. The van der Waals surface area contributed by atoms with E-state index in [4.69, 9.17) is 15.2 Å². The summed E-state index contributed by atoms with van der Waals surface area (Å²) in [4.78, 5) is 17.6. The van der Waals surface area contributed by atoms with Gasteiger partial charge in [0.25, 0.3) is 0 Å². The Morgan fingerprint density at radius 1 is 1.52 bits per heavy atom. The summed E-state index contributed by atoms with van der Waals surface area (Å²) in [5.74, 6) is 0.705. The minimum Gasteiger partial charge on any atom is -0.476 e. The molecule has 1 aromatic heterocycles. The van der Waals surface area contributed by atoms with Crippen molar-refractivity contribution in [2.75, 3.05) is 25.4 Å². The van der Waals surface area contributed by atoms with Crippen molar-refractivity contribution in [1.29, 1.82) is 0 Å². The minimum absolute atomic E-state index is 0.278. The van der Waals surface area contributed by atoms with E-state index in [1.54, 1.807) is 17.2 Å². The zero-order chi connectivity index (χ0) is 15.6. The molecule has 116 valence electrons. The number of aromatic nitrogens is 1. The van der Waals surface area contributed by atoms with Gasteiger partial charge in [-0.3, -0.25) is 0 Å². The third-order valence-corrected chi connectivity index (χ3v) is 3.34. The number of hydrogen-bond acceptors (Lipinski definition) is 5. The summed E-state index contributed by atoms with van der Waals surface area (Å²) in [6, 6.07) is 1.75. The molecule has 0 radical (unpaired) electrons. The van der Waals surface area contributed by atoms with E-state index in [2.05, 4.69) is 20.9 Å². The number of rotatable bonds is 3. The molecule has 0 saturated carbocycles. The molecule has 2 N–H and O–H groups in total. The van der Waals surface area contributed by atoms with Crippen molar-refractivity contribution in [2.45, 2.75) is 26.4 Å². The van der Waals surface area contributed by atoms with E-state index in [1.807, 2.05) is 20.8 Å². The van der Waals surface area contributed by atoms with Gasteiger partial charge in [0.1, 0.15) is 5.60 Å². The monoisotopic (exact) mass is 357 g/mol. The van der Waals surface area contributed by atoms with Crippen molar-refractivity contribution in [3.8, 4) is 5.88 Å². The highest BCUT2D eigenvalue weighted by Gasteiger charge is 2.34. The van der Waals surface area contributed by atoms with Crippen LogP contribution < -0.4 is 10.5 Å². The second kappa shape index (κ2) is 6.09. The predicted octanol–water partition coefficient (Wildman–Crippen LogP) is 2.67. The molecule has 1 aliphatic rings. The number of ether oxygens (including phenoxy) is 2. The number of nitrogens with two attached hydrogens (primary N) is 1. The number of anilines is 1. The van der Waals surface area contributed by atoms with Crippen molar-refractivity contribution in [3.05, 3.63) is 16.7 Å². The third-order valence-electron chi connectivity index (χ3n) is 2.91. The number of carbonyl (C=O) groups excluding carboxylic acids is 1. The first-order valence-electron chi connectivity index (χ1n) is 6.76. The minimum atomic E-state index is -0.464. The fourth-order valence-corrected chi connectivity index (χ4v) is 2.26. The van der Waals surface area contributed by atoms with Crippen LogP contribution in [0.15, 0.2) is 16.7 Å². The normalized spacial score (nSPS) is 15.5. The first kappa shape index (κ1) is 15.9. The summed E-state index contributed by atoms with van der Waals surface area (Å²) in [5, 5.41) is 0. The Morgan fingerprint density at radius 2 is 2.19 bits per heavy atom. The summed E-state index contributed by atoms with van der Waals surface area (Å²) in [6.07, 6.45) is 1.36. The van der Waals surface area contributed by atoms with Gasteiger partial charge in [-0.1, -0.05) is 0 Å². The van der Waals surface area contributed by atoms with E-state index >= 15 is 0 Å². The van der Waals surface area contributed by atoms with Gasteiger partial charge in [-0.05, 0) is 42.8 Å². The summed E-state index contributed by atoms with van der Waals surface area (Å²) < 4.78 is 11.7. The van der Waals surface area contributed by atoms with Crippen molar-refractivity contribution in [3.63, 3.8) is 0 Å². The highest BCUT2D eigenvalue weighted by molar-refractivity contribution is 9.10. The average molecular weight is 358 g/mol. The highest BCUT2D eigenvalue weighted by atomic mass is 79.9. The molecule has 0 unspecified atom stereocenters. The van der Waals surface area contributed by atoms with Gasteiger partial charge in [-0.25, -0.2) is 9.78 Å². The van der Waals surface area contributed by atoms with Crippen molar-refractivity contribution in [2.24, 2.45) is 5.92 Å². The van der Waals surface area contributed by atoms with Crippen molar-refractivity contribution in [1.82, 2.24) is 9.88 Å². The lowest BCUT2D eigenvalue weighted by molar-refractivity contribution is -0.00803. The number of pyridine rings is 1. The molecular formula is C14H20BrN3O3. The highest BCUT2D eigenvalue weighted by Crippen LogP contribution is 2.24. The van der Waals surface area contributed by atoms with Crippen molar-refractivity contribution < 1.29 is 14.3 Å². The molecule has 1 aliphatic heterocycles. The van der Waals surface area contributed by atoms with Crippen LogP contribution in [0.25, 0.3) is 0 Å². The summed E-state index contributed by atoms with van der Waals surface area (Å²) >= 11 is 3.29. The molecule has 0 aliphatic carbocycles. The molecule has 21 heavy (non-hydrogen) atoms. The van der Waals surface area contributed by atoms with E-state index in [0.717, 1.165) is 4.47 Å². The van der Waals surface area contributed by atoms with Crippen LogP contribution in [0.2, 0.25) is 0 Å². The van der Waals surface area contributed by atoms with Gasteiger partial charge in [-0.2, -0.15) is 0 Å². The lowest BCUT2D eigenvalue weighted by Crippen LogP contribution is -2.53. The molecule has 7 heteroatoms. The second-order valence-electron chi connectivity index (χ2n) is 6.11. The van der Waals surface area contributed by atoms with E-state index in [0.29, 0.717) is 31.3 Å². The standard InChI is InChI=1S/C14H20BrN3O3/c1-14(2,3)21-13(19)18-6-9(7-18)8-20-12-11(16)4-10(15)5-17-12/h4-5,9H,6-8,16H2,1-3H3. The van der Waals surface area contributed by atoms with Crippen molar-refractivity contribution >= 4 is 27.7 Å². The largest absolute Gasteiger partial charge is 0.476 e. The maximum absolute atomic E-state index is 11.8. The Morgan fingerprint density at radius 3 is 2.76 bits per heavy atom. The molecule has 1 saturated heterocycles. The van der Waals surface area contributed by atoms with Crippen LogP contribution in [0.4, 0.5) is 10.5 Å². The molecule has 0 spiro atoms. The van der Waals surface area contributed by atoms with Crippen LogP contribution in [0.3, 0.4) is 0 Å². The second-order valence-corrected chi connectivity index (χ2v) is 7.03. The number of hydrogen-bond donors (Lipinski definition) is 1. The van der Waals surface area contributed by atoms with Gasteiger partial charge in [0.2, 0.25) is 5.88 Å². The van der Waals surface area contributed by atoms with Gasteiger partial charge in [-0.15, -0.1) is 0 Å². The lowest BCUT2D eigenvalue weighted by Gasteiger charge is -2.39. The fourth-order valence-electron chi connectivity index (χ4n) is 1.91. The number of amides is 1. The lowest BCUT2D eigenvalue weighted by atomic mass is 10.0. The summed E-state index contributed by atoms with van der Waals surface area (Å²) in [7, 11) is 0. The topological polar surface area (TPSA) is 77.7 Å². The number of likely N-dealkylation sites (tertiary alicyclic amines) is 1. The maximum Gasteiger partial charge on any atom is 0.410 e. The Balaban J connectivity index is 1.75. The summed E-state index contributed by atoms with van der Waals surface area (Å²) in [6.45, 7) is 7.31. The molecule has 6 nitrogen and oxygen atoms in total. The van der Waals surface area contributed by atoms with E-state index in [-0.39, 0.29) is 12.0 Å². The number of carbonyl (C=O) groups is 1. The van der Waals surface area contributed by atoms with Gasteiger partial charge < -0.3 is 20.1 Å². The molecular weight excluding hydrogens is 338 g/mol. The first-order valence-corrected chi connectivity index (χ1v) is 7.55. The van der Waals surface area contributed by atoms with E-state index in [1.165, 1.54) is 0 Å². The van der Waals surface area contributed by atoms with Gasteiger partial charge in [0, 0.05) is 29.7 Å². The number of nitrogen functional groups attached to an aromatic ring is 1. The average Bonchev–Trinajstić information content (AvgIpc) is 2.27. The Hall–Kier alpha value is -1.50. The van der Waals surface area contributed by atoms with Gasteiger partial charge in [0.15, 0.2) is 0 Å². The van der Waals surface area contributed by atoms with Crippen LogP contribution in [0.1, 0.15) is 20.8 Å². The molecule has 0 aromatic carbocycles. The Labute approximate surface area is 132 Å². The molecule has 2 heterocycles. The van der Waals surface area contributed by atoms with Crippen LogP contribution >= 0.6 is 15.9 Å². The van der Waals surface area contributed by atoms with Crippen LogP contribution in [-0.4, -0.2) is 41.3 Å². The molecule has 0 atom stereocenters. The molecule has 1 amide bonds.